The van der Waals surface area contributed by atoms with Crippen molar-refractivity contribution in [3.63, 3.8) is 0 Å². The molecule has 0 saturated carbocycles. The van der Waals surface area contributed by atoms with Crippen LogP contribution in [0, 0.1) is 5.82 Å². The van der Waals surface area contributed by atoms with Gasteiger partial charge in [-0.15, -0.1) is 10.2 Å². The van der Waals surface area contributed by atoms with Gasteiger partial charge >= 0.3 is 0 Å². The fraction of sp³-hybridized carbons (Fsp3) is 0.211. The number of carbonyl (C=O) groups excluding carboxylic acids is 1. The van der Waals surface area contributed by atoms with Gasteiger partial charge in [0.05, 0.1) is 5.02 Å². The van der Waals surface area contributed by atoms with Crippen molar-refractivity contribution in [2.75, 3.05) is 12.4 Å². The molecule has 1 fully saturated rings. The van der Waals surface area contributed by atoms with Crippen LogP contribution in [0.25, 0.3) is 11.5 Å². The van der Waals surface area contributed by atoms with Gasteiger partial charge in [-0.25, -0.2) is 4.39 Å². The van der Waals surface area contributed by atoms with E-state index >= 15 is 0 Å². The van der Waals surface area contributed by atoms with Crippen molar-refractivity contribution in [2.24, 2.45) is 0 Å². The lowest BCUT2D eigenvalue weighted by atomic mass is 10.1. The van der Waals surface area contributed by atoms with Gasteiger partial charge in [0, 0.05) is 18.3 Å². The Morgan fingerprint density at radius 3 is 2.71 bits per heavy atom. The number of aromatic nitrogens is 2. The lowest BCUT2D eigenvalue weighted by Gasteiger charge is -2.34. The topological polar surface area (TPSA) is 117 Å². The Bertz CT molecular complexity index is 1220. The van der Waals surface area contributed by atoms with Crippen molar-refractivity contribution in [3.05, 3.63) is 65.3 Å². The first-order chi connectivity index (χ1) is 14.7. The van der Waals surface area contributed by atoms with Crippen LogP contribution in [-0.4, -0.2) is 41.9 Å². The van der Waals surface area contributed by atoms with E-state index in [1.54, 1.807) is 24.3 Å². The van der Waals surface area contributed by atoms with Crippen LogP contribution in [0.2, 0.25) is 5.02 Å². The van der Waals surface area contributed by atoms with Crippen molar-refractivity contribution in [1.29, 1.82) is 0 Å². The molecular formula is C19H17ClFN5O4S. The highest BCUT2D eigenvalue weighted by Gasteiger charge is 2.42. The summed E-state index contributed by atoms with van der Waals surface area (Å²) >= 11 is 5.74. The molecule has 0 bridgehead atoms. The van der Waals surface area contributed by atoms with E-state index in [1.165, 1.54) is 19.2 Å². The Morgan fingerprint density at radius 1 is 1.26 bits per heavy atom. The summed E-state index contributed by atoms with van der Waals surface area (Å²) in [5.41, 5.74) is 0.918. The molecule has 0 spiro atoms. The highest BCUT2D eigenvalue weighted by molar-refractivity contribution is 7.87. The molecule has 1 amide bonds. The van der Waals surface area contributed by atoms with E-state index in [1.807, 2.05) is 6.07 Å². The van der Waals surface area contributed by atoms with Gasteiger partial charge in [-0.2, -0.15) is 17.4 Å². The van der Waals surface area contributed by atoms with Gasteiger partial charge < -0.3 is 9.73 Å². The molecule has 0 aliphatic carbocycles. The Morgan fingerprint density at radius 2 is 2.00 bits per heavy atom. The quantitative estimate of drug-likeness (QED) is 0.611. The number of hydrogen-bond donors (Lipinski definition) is 2. The Hall–Kier alpha value is -2.86. The molecule has 0 radical (unpaired) electrons. The summed E-state index contributed by atoms with van der Waals surface area (Å²) in [6.45, 7) is 0. The fourth-order valence-corrected chi connectivity index (χ4v) is 4.57. The van der Waals surface area contributed by atoms with Crippen LogP contribution in [0.1, 0.15) is 18.4 Å². The van der Waals surface area contributed by atoms with Crippen molar-refractivity contribution >= 4 is 33.4 Å². The molecule has 4 rings (SSSR count). The van der Waals surface area contributed by atoms with Crippen molar-refractivity contribution in [3.8, 4) is 11.5 Å². The van der Waals surface area contributed by atoms with E-state index in [2.05, 4.69) is 20.2 Å². The predicted molar refractivity (Wildman–Crippen MR) is 111 cm³/mol. The first-order valence-electron chi connectivity index (χ1n) is 9.14. The average molecular weight is 466 g/mol. The summed E-state index contributed by atoms with van der Waals surface area (Å²) in [6, 6.07) is 10.7. The molecular weight excluding hydrogens is 449 g/mol. The van der Waals surface area contributed by atoms with Crippen LogP contribution in [-0.2, 0) is 15.0 Å². The summed E-state index contributed by atoms with van der Waals surface area (Å²) in [6.07, 6.45) is 0.0346. The second kappa shape index (κ2) is 8.35. The number of hydrogen-bond acceptors (Lipinski definition) is 6. The first-order valence-corrected chi connectivity index (χ1v) is 11.0. The molecule has 31 heavy (non-hydrogen) atoms. The second-order valence-electron chi connectivity index (χ2n) is 6.87. The minimum atomic E-state index is -4.01. The van der Waals surface area contributed by atoms with E-state index in [0.29, 0.717) is 5.56 Å². The fourth-order valence-electron chi connectivity index (χ4n) is 3.15. The van der Waals surface area contributed by atoms with Gasteiger partial charge in [0.15, 0.2) is 0 Å². The molecule has 2 unspecified atom stereocenters. The van der Waals surface area contributed by atoms with Crippen molar-refractivity contribution < 1.29 is 22.0 Å². The molecule has 12 heteroatoms. The number of rotatable bonds is 4. The van der Waals surface area contributed by atoms with Gasteiger partial charge in [0.25, 0.3) is 10.2 Å². The summed E-state index contributed by atoms with van der Waals surface area (Å²) in [4.78, 5) is 12.8. The molecule has 1 aliphatic rings. The third-order valence-electron chi connectivity index (χ3n) is 4.82. The molecule has 1 saturated heterocycles. The van der Waals surface area contributed by atoms with Crippen LogP contribution in [0.5, 0.6) is 0 Å². The normalized spacial score (nSPS) is 21.0. The van der Waals surface area contributed by atoms with E-state index in [0.717, 1.165) is 10.4 Å². The number of nitrogens with zero attached hydrogens (tertiary/aromatic N) is 3. The average Bonchev–Trinajstić information content (AvgIpc) is 3.23. The second-order valence-corrected chi connectivity index (χ2v) is 9.04. The minimum absolute atomic E-state index is 0.0346. The zero-order chi connectivity index (χ0) is 22.2. The zero-order valence-electron chi connectivity index (χ0n) is 16.1. The van der Waals surface area contributed by atoms with Gasteiger partial charge in [0.2, 0.25) is 17.7 Å². The number of benzene rings is 2. The van der Waals surface area contributed by atoms with Crippen LogP contribution < -0.4 is 10.0 Å². The molecule has 9 nitrogen and oxygen atoms in total. The number of likely N-dealkylation sites (N-methyl/N-ethyl adjacent to an activating group) is 1. The summed E-state index contributed by atoms with van der Waals surface area (Å²) < 4.78 is 47.5. The lowest BCUT2D eigenvalue weighted by Crippen LogP contribution is -2.56. The Kier molecular flexibility index (Phi) is 5.75. The molecule has 2 heterocycles. The number of carbonyl (C=O) groups is 1. The Labute approximate surface area is 182 Å². The molecule has 2 atom stereocenters. The monoisotopic (exact) mass is 465 g/mol. The predicted octanol–water partition coefficient (Wildman–Crippen LogP) is 2.75. The third-order valence-corrected chi connectivity index (χ3v) is 6.70. The zero-order valence-corrected chi connectivity index (χ0v) is 17.7. The van der Waals surface area contributed by atoms with Gasteiger partial charge in [-0.1, -0.05) is 29.8 Å². The largest absolute Gasteiger partial charge is 0.419 e. The summed E-state index contributed by atoms with van der Waals surface area (Å²) in [7, 11) is -2.73. The SMILES string of the molecule is CN1C(C(=O)Nc2ccc(F)c(Cl)c2)CC(c2nnc(-c3ccccc3)o2)NS1(=O)=O. The standard InChI is InChI=1S/C19H17ClFN5O4S/c1-26-16(17(27)22-12-7-8-14(21)13(20)9-12)10-15(25-31(26,28)29)19-24-23-18(30-19)11-5-3-2-4-6-11/h2-9,15-16,25H,10H2,1H3,(H,22,27). The molecule has 162 valence electrons. The maximum absolute atomic E-state index is 13.4. The minimum Gasteiger partial charge on any atom is -0.419 e. The smallest absolute Gasteiger partial charge is 0.280 e. The van der Waals surface area contributed by atoms with Gasteiger partial charge in [0.1, 0.15) is 17.9 Å². The number of anilines is 1. The van der Waals surface area contributed by atoms with Crippen molar-refractivity contribution in [2.45, 2.75) is 18.5 Å². The molecule has 1 aromatic heterocycles. The van der Waals surface area contributed by atoms with Crippen LogP contribution in [0.4, 0.5) is 10.1 Å². The van der Waals surface area contributed by atoms with E-state index in [4.69, 9.17) is 16.0 Å². The maximum atomic E-state index is 13.4. The molecule has 2 N–H and O–H groups in total. The molecule has 1 aliphatic heterocycles. The molecule has 3 aromatic rings. The highest BCUT2D eigenvalue weighted by Crippen LogP contribution is 2.30. The summed E-state index contributed by atoms with van der Waals surface area (Å²) in [5, 5.41) is 10.3. The Balaban J connectivity index is 1.57. The van der Waals surface area contributed by atoms with E-state index < -0.39 is 34.0 Å². The number of halogens is 2. The third kappa shape index (κ3) is 4.44. The van der Waals surface area contributed by atoms with Gasteiger partial charge in [-0.05, 0) is 36.8 Å². The van der Waals surface area contributed by atoms with Crippen LogP contribution in [0.3, 0.4) is 0 Å². The van der Waals surface area contributed by atoms with Crippen LogP contribution in [0.15, 0.2) is 52.9 Å². The number of nitrogens with one attached hydrogen (secondary N) is 2. The maximum Gasteiger partial charge on any atom is 0.280 e. The highest BCUT2D eigenvalue weighted by atomic mass is 35.5. The van der Waals surface area contributed by atoms with Gasteiger partial charge in [-0.3, -0.25) is 4.79 Å². The van der Waals surface area contributed by atoms with Crippen molar-refractivity contribution in [1.82, 2.24) is 19.2 Å². The number of amides is 1. The van der Waals surface area contributed by atoms with E-state index in [-0.39, 0.29) is 28.9 Å². The van der Waals surface area contributed by atoms with E-state index in [9.17, 15) is 17.6 Å². The molecule has 2 aromatic carbocycles. The lowest BCUT2D eigenvalue weighted by molar-refractivity contribution is -0.120. The van der Waals surface area contributed by atoms with Crippen LogP contribution >= 0.6 is 11.6 Å². The first kappa shape index (κ1) is 21.4. The summed E-state index contributed by atoms with van der Waals surface area (Å²) in [5.74, 6) is -0.969.